The minimum absolute atomic E-state index is 0.270. The molecule has 2 aromatic carbocycles. The average Bonchev–Trinajstić information content (AvgIpc) is 2.82. The smallest absolute Gasteiger partial charge is 0.338 e. The summed E-state index contributed by atoms with van der Waals surface area (Å²) in [5, 5.41) is 3.97. The lowest BCUT2D eigenvalue weighted by atomic mass is 9.96. The maximum Gasteiger partial charge on any atom is 0.338 e. The Bertz CT molecular complexity index is 1040. The minimum Gasteiger partial charge on any atom is -0.493 e. The lowest BCUT2D eigenvalue weighted by molar-refractivity contribution is -0.138. The Morgan fingerprint density at radius 1 is 1.09 bits per heavy atom. The van der Waals surface area contributed by atoms with Crippen LogP contribution in [0.2, 0.25) is 0 Å². The quantitative estimate of drug-likeness (QED) is 0.463. The van der Waals surface area contributed by atoms with E-state index in [4.69, 9.17) is 23.9 Å². The lowest BCUT2D eigenvalue weighted by Crippen LogP contribution is -2.30. The number of benzene rings is 2. The second kappa shape index (κ2) is 11.5. The molecule has 2 aromatic rings. The van der Waals surface area contributed by atoms with Crippen molar-refractivity contribution in [3.63, 3.8) is 0 Å². The molecule has 33 heavy (non-hydrogen) atoms. The molecule has 1 atom stereocenters. The number of hydrogen-bond acceptors (Lipinski definition) is 8. The Morgan fingerprint density at radius 2 is 1.73 bits per heavy atom. The fourth-order valence-electron chi connectivity index (χ4n) is 3.43. The van der Waals surface area contributed by atoms with Crippen molar-refractivity contribution in [3.8, 4) is 17.2 Å². The molecule has 0 fully saturated rings. The molecule has 0 saturated heterocycles. The van der Waals surface area contributed by atoms with Gasteiger partial charge in [0.1, 0.15) is 6.04 Å². The first kappa shape index (κ1) is 25.0. The molecule has 0 spiro atoms. The van der Waals surface area contributed by atoms with Crippen LogP contribution >= 0.6 is 27.7 Å². The van der Waals surface area contributed by atoms with E-state index in [9.17, 15) is 4.79 Å². The number of hydrogen-bond donors (Lipinski definition) is 1. The Hall–Kier alpha value is -2.65. The van der Waals surface area contributed by atoms with Gasteiger partial charge in [0.25, 0.3) is 0 Å². The molecule has 7 nitrogen and oxygen atoms in total. The van der Waals surface area contributed by atoms with Crippen LogP contribution in [-0.2, 0) is 15.3 Å². The van der Waals surface area contributed by atoms with Crippen molar-refractivity contribution in [2.24, 2.45) is 4.99 Å². The van der Waals surface area contributed by atoms with Crippen LogP contribution in [0, 0.1) is 0 Å². The van der Waals surface area contributed by atoms with Gasteiger partial charge in [0, 0.05) is 15.9 Å². The third-order valence-corrected chi connectivity index (χ3v) is 6.49. The number of methoxy groups -OCH3 is 3. The SMILES string of the molecule is CCOC(=O)C1=C(C)NC(SCc2ccc(Br)cc2)=N[C@H]1c1cc(OC)c(OC)c(OC)c1. The molecule has 3 rings (SSSR count). The molecular weight excluding hydrogens is 508 g/mol. The maximum absolute atomic E-state index is 12.9. The Balaban J connectivity index is 2.01. The first-order valence-corrected chi connectivity index (χ1v) is 12.1. The number of amidine groups is 1. The van der Waals surface area contributed by atoms with Crippen molar-refractivity contribution < 1.29 is 23.7 Å². The maximum atomic E-state index is 12.9. The van der Waals surface area contributed by atoms with E-state index in [0.29, 0.717) is 33.7 Å². The molecule has 0 bridgehead atoms. The highest BCUT2D eigenvalue weighted by Gasteiger charge is 2.32. The summed E-state index contributed by atoms with van der Waals surface area (Å²) < 4.78 is 22.8. The minimum atomic E-state index is -0.591. The number of allylic oxidation sites excluding steroid dienone is 1. The van der Waals surface area contributed by atoms with E-state index >= 15 is 0 Å². The molecule has 1 N–H and O–H groups in total. The van der Waals surface area contributed by atoms with Crippen molar-refractivity contribution >= 4 is 38.8 Å². The first-order chi connectivity index (χ1) is 15.9. The van der Waals surface area contributed by atoms with Gasteiger partial charge < -0.3 is 24.3 Å². The highest BCUT2D eigenvalue weighted by molar-refractivity contribution is 9.10. The van der Waals surface area contributed by atoms with Crippen molar-refractivity contribution in [2.75, 3.05) is 27.9 Å². The first-order valence-electron chi connectivity index (χ1n) is 10.3. The van der Waals surface area contributed by atoms with Gasteiger partial charge in [0.05, 0.1) is 33.5 Å². The molecule has 0 aromatic heterocycles. The summed E-state index contributed by atoms with van der Waals surface area (Å²) in [6, 6.07) is 11.2. The predicted octanol–water partition coefficient (Wildman–Crippen LogP) is 5.25. The second-order valence-corrected chi connectivity index (χ2v) is 8.97. The van der Waals surface area contributed by atoms with Gasteiger partial charge in [-0.05, 0) is 49.2 Å². The van der Waals surface area contributed by atoms with Crippen LogP contribution in [0.5, 0.6) is 17.2 Å². The monoisotopic (exact) mass is 534 g/mol. The highest BCUT2D eigenvalue weighted by atomic mass is 79.9. The van der Waals surface area contributed by atoms with E-state index < -0.39 is 12.0 Å². The number of ether oxygens (including phenoxy) is 4. The van der Waals surface area contributed by atoms with Crippen LogP contribution < -0.4 is 19.5 Å². The summed E-state index contributed by atoms with van der Waals surface area (Å²) in [5.74, 6) is 1.77. The van der Waals surface area contributed by atoms with E-state index in [1.807, 2.05) is 31.2 Å². The van der Waals surface area contributed by atoms with Gasteiger partial charge >= 0.3 is 5.97 Å². The molecule has 9 heteroatoms. The molecule has 0 saturated carbocycles. The van der Waals surface area contributed by atoms with Crippen molar-refractivity contribution in [1.29, 1.82) is 0 Å². The van der Waals surface area contributed by atoms with Crippen LogP contribution in [0.3, 0.4) is 0 Å². The molecule has 0 unspecified atom stereocenters. The van der Waals surface area contributed by atoms with Gasteiger partial charge in [-0.1, -0.05) is 39.8 Å². The van der Waals surface area contributed by atoms with Gasteiger partial charge in [0.2, 0.25) is 5.75 Å². The third kappa shape index (κ3) is 5.83. The topological polar surface area (TPSA) is 78.4 Å². The summed E-state index contributed by atoms with van der Waals surface area (Å²) in [5.41, 5.74) is 3.03. The molecule has 0 radical (unpaired) electrons. The predicted molar refractivity (Wildman–Crippen MR) is 134 cm³/mol. The summed E-state index contributed by atoms with van der Waals surface area (Å²) in [6.45, 7) is 3.90. The number of rotatable bonds is 8. The highest BCUT2D eigenvalue weighted by Crippen LogP contribution is 2.43. The standard InChI is InChI=1S/C24H27BrN2O5S/c1-6-32-23(28)20-14(2)26-24(33-13-15-7-9-17(25)10-8-15)27-21(20)16-11-18(29-3)22(31-5)19(12-16)30-4/h7-12,21H,6,13H2,1-5H3,(H,26,27)/t21-/m0/s1. The Labute approximate surface area is 206 Å². The van der Waals surface area contributed by atoms with Crippen LogP contribution in [0.1, 0.15) is 31.0 Å². The normalized spacial score (nSPS) is 15.5. The van der Waals surface area contributed by atoms with Crippen molar-refractivity contribution in [3.05, 3.63) is 63.3 Å². The summed E-state index contributed by atoms with van der Waals surface area (Å²) >= 11 is 5.02. The zero-order valence-electron chi connectivity index (χ0n) is 19.2. The molecule has 176 valence electrons. The summed E-state index contributed by atoms with van der Waals surface area (Å²) in [6.07, 6.45) is 0. The van der Waals surface area contributed by atoms with Crippen molar-refractivity contribution in [2.45, 2.75) is 25.6 Å². The number of halogens is 1. The van der Waals surface area contributed by atoms with Gasteiger partial charge in [0.15, 0.2) is 16.7 Å². The van der Waals surface area contributed by atoms with Crippen LogP contribution in [0.25, 0.3) is 0 Å². The van der Waals surface area contributed by atoms with Gasteiger partial charge in [-0.15, -0.1) is 0 Å². The summed E-state index contributed by atoms with van der Waals surface area (Å²) in [7, 11) is 4.66. The average molecular weight is 535 g/mol. The summed E-state index contributed by atoms with van der Waals surface area (Å²) in [4.78, 5) is 17.7. The fourth-order valence-corrected chi connectivity index (χ4v) is 4.59. The fraction of sp³-hybridized carbons (Fsp3) is 0.333. The molecule has 1 heterocycles. The number of thioether (sulfide) groups is 1. The number of carbonyl (C=O) groups is 1. The van der Waals surface area contributed by atoms with Crippen LogP contribution in [0.15, 0.2) is 57.1 Å². The molecule has 1 aliphatic heterocycles. The van der Waals surface area contributed by atoms with Crippen molar-refractivity contribution in [1.82, 2.24) is 5.32 Å². The molecule has 0 aliphatic carbocycles. The Kier molecular flexibility index (Phi) is 8.68. The number of aliphatic imine (C=N–C) groups is 1. The number of esters is 1. The number of carbonyl (C=O) groups excluding carboxylic acids is 1. The Morgan fingerprint density at radius 3 is 2.27 bits per heavy atom. The van der Waals surface area contributed by atoms with Gasteiger partial charge in [-0.3, -0.25) is 0 Å². The van der Waals surface area contributed by atoms with Gasteiger partial charge in [-0.2, -0.15) is 0 Å². The molecule has 0 amide bonds. The largest absolute Gasteiger partial charge is 0.493 e. The van der Waals surface area contributed by atoms with E-state index in [1.165, 1.54) is 0 Å². The van der Waals surface area contributed by atoms with E-state index in [2.05, 4.69) is 33.4 Å². The van der Waals surface area contributed by atoms with E-state index in [-0.39, 0.29) is 6.61 Å². The van der Waals surface area contributed by atoms with Crippen LogP contribution in [-0.4, -0.2) is 39.1 Å². The third-order valence-electron chi connectivity index (χ3n) is 5.01. The van der Waals surface area contributed by atoms with E-state index in [0.717, 1.165) is 21.4 Å². The molecular formula is C24H27BrN2O5S. The van der Waals surface area contributed by atoms with E-state index in [1.54, 1.807) is 40.0 Å². The number of nitrogens with zero attached hydrogens (tertiary/aromatic N) is 1. The zero-order chi connectivity index (χ0) is 24.0. The number of nitrogens with one attached hydrogen (secondary N) is 1. The lowest BCUT2D eigenvalue weighted by Gasteiger charge is -2.26. The zero-order valence-corrected chi connectivity index (χ0v) is 21.6. The molecule has 1 aliphatic rings. The van der Waals surface area contributed by atoms with Crippen LogP contribution in [0.4, 0.5) is 0 Å². The van der Waals surface area contributed by atoms with Gasteiger partial charge in [-0.25, -0.2) is 9.79 Å². The second-order valence-electron chi connectivity index (χ2n) is 7.09.